The number of amides is 4. The monoisotopic (exact) mass is 494 g/mol. The van der Waals surface area contributed by atoms with E-state index < -0.39 is 23.6 Å². The molecule has 2 saturated heterocycles. The Labute approximate surface area is 205 Å². The molecule has 1 N–H and O–H groups in total. The van der Waals surface area contributed by atoms with Crippen molar-refractivity contribution in [1.82, 2.24) is 20.0 Å². The highest BCUT2D eigenvalue weighted by Crippen LogP contribution is 2.34. The van der Waals surface area contributed by atoms with Gasteiger partial charge >= 0.3 is 0 Å². The number of likely N-dealkylation sites (tertiary alicyclic amines) is 1. The molecule has 0 aromatic heterocycles. The van der Waals surface area contributed by atoms with Gasteiger partial charge in [-0.3, -0.25) is 29.4 Å². The molecule has 4 heterocycles. The lowest BCUT2D eigenvalue weighted by molar-refractivity contribution is -0.136. The zero-order chi connectivity index (χ0) is 25.1. The maximum atomic E-state index is 13.4. The number of carbonyl (C=O) groups excluding carboxylic acids is 4. The van der Waals surface area contributed by atoms with E-state index in [0.29, 0.717) is 42.7 Å². The maximum absolute atomic E-state index is 13.4. The number of nitrogens with zero attached hydrogens (tertiary/aromatic N) is 3. The Hall–Kier alpha value is -3.66. The van der Waals surface area contributed by atoms with E-state index in [1.165, 1.54) is 11.0 Å². The number of imide groups is 1. The lowest BCUT2D eigenvalue weighted by atomic mass is 9.98. The van der Waals surface area contributed by atoms with Crippen molar-refractivity contribution in [3.8, 4) is 0 Å². The molecule has 6 rings (SSSR count). The van der Waals surface area contributed by atoms with E-state index in [9.17, 15) is 28.0 Å². The Bertz CT molecular complexity index is 1320. The van der Waals surface area contributed by atoms with E-state index in [2.05, 4.69) is 10.2 Å². The number of rotatable bonds is 5. The molecule has 2 aromatic rings. The molecule has 0 radical (unpaired) electrons. The first-order chi connectivity index (χ1) is 17.3. The van der Waals surface area contributed by atoms with E-state index in [1.807, 2.05) is 0 Å². The lowest BCUT2D eigenvalue weighted by Gasteiger charge is -2.41. The molecule has 0 saturated carbocycles. The summed E-state index contributed by atoms with van der Waals surface area (Å²) in [6, 6.07) is 6.78. The van der Waals surface area contributed by atoms with Gasteiger partial charge in [-0.15, -0.1) is 0 Å². The summed E-state index contributed by atoms with van der Waals surface area (Å²) in [6.07, 6.45) is 0.491. The molecule has 0 aliphatic carbocycles. The van der Waals surface area contributed by atoms with Crippen LogP contribution in [0, 0.1) is 17.6 Å². The third-order valence-corrected chi connectivity index (χ3v) is 7.53. The van der Waals surface area contributed by atoms with Gasteiger partial charge in [0.15, 0.2) is 11.6 Å². The minimum atomic E-state index is -0.858. The predicted octanol–water partition coefficient (Wildman–Crippen LogP) is 1.81. The van der Waals surface area contributed by atoms with Gasteiger partial charge in [0.25, 0.3) is 11.8 Å². The summed E-state index contributed by atoms with van der Waals surface area (Å²) < 4.78 is 26.6. The maximum Gasteiger partial charge on any atom is 0.255 e. The summed E-state index contributed by atoms with van der Waals surface area (Å²) in [5.74, 6) is -2.53. The number of benzene rings is 2. The van der Waals surface area contributed by atoms with Crippen molar-refractivity contribution in [1.29, 1.82) is 0 Å². The molecule has 2 fully saturated rings. The summed E-state index contributed by atoms with van der Waals surface area (Å²) >= 11 is 0. The van der Waals surface area contributed by atoms with E-state index in [-0.39, 0.29) is 36.6 Å². The first kappa shape index (κ1) is 22.8. The molecule has 4 aliphatic heterocycles. The zero-order valence-corrected chi connectivity index (χ0v) is 19.4. The van der Waals surface area contributed by atoms with Gasteiger partial charge in [-0.2, -0.15) is 0 Å². The Morgan fingerprint density at radius 1 is 0.889 bits per heavy atom. The van der Waals surface area contributed by atoms with E-state index in [0.717, 1.165) is 30.3 Å². The fourth-order valence-electron chi connectivity index (χ4n) is 5.71. The van der Waals surface area contributed by atoms with Crippen molar-refractivity contribution >= 4 is 23.6 Å². The van der Waals surface area contributed by atoms with E-state index >= 15 is 0 Å². The number of halogens is 2. The van der Waals surface area contributed by atoms with Crippen molar-refractivity contribution in [2.45, 2.75) is 38.5 Å². The topological polar surface area (TPSA) is 90.0 Å². The summed E-state index contributed by atoms with van der Waals surface area (Å²) in [5, 5.41) is 2.29. The smallest absolute Gasteiger partial charge is 0.255 e. The van der Waals surface area contributed by atoms with E-state index in [1.54, 1.807) is 23.1 Å². The Balaban J connectivity index is 1.07. The van der Waals surface area contributed by atoms with Gasteiger partial charge < -0.3 is 9.80 Å². The fourth-order valence-corrected chi connectivity index (χ4v) is 5.71. The van der Waals surface area contributed by atoms with Crippen LogP contribution in [0.3, 0.4) is 0 Å². The minimum absolute atomic E-state index is 0.0706. The lowest BCUT2D eigenvalue weighted by Crippen LogP contribution is -2.52. The average Bonchev–Trinajstić information content (AvgIpc) is 3.29. The van der Waals surface area contributed by atoms with Crippen LogP contribution in [0.15, 0.2) is 30.3 Å². The second-order valence-electron chi connectivity index (χ2n) is 10.1. The van der Waals surface area contributed by atoms with Crippen LogP contribution in [0.5, 0.6) is 0 Å². The summed E-state index contributed by atoms with van der Waals surface area (Å²) in [4.78, 5) is 55.3. The van der Waals surface area contributed by atoms with Crippen LogP contribution in [0.4, 0.5) is 8.78 Å². The van der Waals surface area contributed by atoms with Crippen LogP contribution < -0.4 is 5.32 Å². The summed E-state index contributed by atoms with van der Waals surface area (Å²) in [7, 11) is 0. The van der Waals surface area contributed by atoms with Crippen molar-refractivity contribution in [2.75, 3.05) is 19.6 Å². The number of nitrogens with one attached hydrogen (secondary N) is 1. The van der Waals surface area contributed by atoms with Gasteiger partial charge in [0.1, 0.15) is 6.04 Å². The van der Waals surface area contributed by atoms with Gasteiger partial charge in [0.05, 0.1) is 0 Å². The standard InChI is InChI=1S/C26H24F2N4O4/c27-20-2-1-14(5-21(20)28)8-30-9-15(10-30)11-31-12-16-6-19-17(7-18(16)25(31)35)13-32(26(19)36)22-3-4-23(33)29-24(22)34/h1-2,5-7,15,22H,3-4,8-13H2,(H,29,33,34). The van der Waals surface area contributed by atoms with Gasteiger partial charge in [-0.25, -0.2) is 8.78 Å². The quantitative estimate of drug-likeness (QED) is 0.641. The first-order valence-electron chi connectivity index (χ1n) is 12.0. The summed E-state index contributed by atoms with van der Waals surface area (Å²) in [5.41, 5.74) is 3.33. The minimum Gasteiger partial charge on any atom is -0.334 e. The molecule has 2 aromatic carbocycles. The first-order valence-corrected chi connectivity index (χ1v) is 12.0. The summed E-state index contributed by atoms with van der Waals surface area (Å²) in [6.45, 7) is 3.29. The molecule has 0 bridgehead atoms. The molecule has 0 spiro atoms. The molecular formula is C26H24F2N4O4. The molecule has 1 unspecified atom stereocenters. The molecule has 186 valence electrons. The number of carbonyl (C=O) groups is 4. The van der Waals surface area contributed by atoms with Crippen LogP contribution in [0.1, 0.15) is 50.2 Å². The SMILES string of the molecule is O=C1CCC(N2Cc3cc4c(cc3C2=O)CN(CC2CN(Cc3ccc(F)c(F)c3)C2)C4=O)C(=O)N1. The highest BCUT2D eigenvalue weighted by Gasteiger charge is 2.41. The van der Waals surface area contributed by atoms with Gasteiger partial charge in [-0.05, 0) is 47.4 Å². The molecule has 36 heavy (non-hydrogen) atoms. The number of hydrogen-bond donors (Lipinski definition) is 1. The van der Waals surface area contributed by atoms with Crippen molar-refractivity contribution in [2.24, 2.45) is 5.92 Å². The van der Waals surface area contributed by atoms with Crippen LogP contribution in [0.25, 0.3) is 0 Å². The van der Waals surface area contributed by atoms with Crippen molar-refractivity contribution in [3.63, 3.8) is 0 Å². The molecule has 8 nitrogen and oxygen atoms in total. The number of piperidine rings is 1. The van der Waals surface area contributed by atoms with Crippen LogP contribution in [-0.2, 0) is 29.2 Å². The third kappa shape index (κ3) is 3.85. The van der Waals surface area contributed by atoms with Gasteiger partial charge in [0, 0.05) is 62.7 Å². The predicted molar refractivity (Wildman–Crippen MR) is 122 cm³/mol. The second kappa shape index (κ2) is 8.48. The van der Waals surface area contributed by atoms with E-state index in [4.69, 9.17) is 0 Å². The number of fused-ring (bicyclic) bond motifs is 2. The molecular weight excluding hydrogens is 470 g/mol. The zero-order valence-electron chi connectivity index (χ0n) is 19.4. The Morgan fingerprint density at radius 2 is 1.61 bits per heavy atom. The van der Waals surface area contributed by atoms with Crippen molar-refractivity contribution in [3.05, 3.63) is 69.8 Å². The number of hydrogen-bond acceptors (Lipinski definition) is 5. The Kier molecular flexibility index (Phi) is 5.36. The highest BCUT2D eigenvalue weighted by molar-refractivity contribution is 6.07. The van der Waals surface area contributed by atoms with Gasteiger partial charge in [-0.1, -0.05) is 6.07 Å². The Morgan fingerprint density at radius 3 is 2.33 bits per heavy atom. The molecule has 1 atom stereocenters. The molecule has 10 heteroatoms. The molecule has 4 amide bonds. The average molecular weight is 494 g/mol. The molecule has 4 aliphatic rings. The van der Waals surface area contributed by atoms with Crippen LogP contribution >= 0.6 is 0 Å². The van der Waals surface area contributed by atoms with Crippen molar-refractivity contribution < 1.29 is 28.0 Å². The van der Waals surface area contributed by atoms with Crippen LogP contribution in [-0.4, -0.2) is 64.0 Å². The highest BCUT2D eigenvalue weighted by atomic mass is 19.2. The fraction of sp³-hybridized carbons (Fsp3) is 0.385. The second-order valence-corrected chi connectivity index (χ2v) is 10.1. The van der Waals surface area contributed by atoms with Crippen LogP contribution in [0.2, 0.25) is 0 Å². The third-order valence-electron chi connectivity index (χ3n) is 7.53. The normalized spacial score (nSPS) is 22.1. The van der Waals surface area contributed by atoms with Gasteiger partial charge in [0.2, 0.25) is 11.8 Å². The largest absolute Gasteiger partial charge is 0.334 e.